The van der Waals surface area contributed by atoms with E-state index in [0.29, 0.717) is 0 Å². The average Bonchev–Trinajstić information content (AvgIpc) is 2.64. The van der Waals surface area contributed by atoms with Crippen molar-refractivity contribution in [2.45, 2.75) is 22.7 Å². The molecule has 2 heterocycles. The van der Waals surface area contributed by atoms with Gasteiger partial charge in [0.25, 0.3) is 0 Å². The summed E-state index contributed by atoms with van der Waals surface area (Å²) in [5, 5.41) is 25.9. The fourth-order valence-electron chi connectivity index (χ4n) is 2.11. The van der Waals surface area contributed by atoms with Gasteiger partial charge in [-0.1, -0.05) is 48.7 Å². The van der Waals surface area contributed by atoms with Crippen LogP contribution in [-0.4, -0.2) is 44.6 Å². The van der Waals surface area contributed by atoms with Gasteiger partial charge in [0.05, 0.1) is 0 Å². The summed E-state index contributed by atoms with van der Waals surface area (Å²) in [6, 6.07) is 4.22. The third-order valence-corrected chi connectivity index (χ3v) is 5.87. The van der Waals surface area contributed by atoms with Gasteiger partial charge in [0.1, 0.15) is 0 Å². The molecule has 0 N–H and O–H groups in total. The number of nitrogens with zero attached hydrogens (tertiary/aromatic N) is 4. The SMILES string of the molecule is C1=Cc2ccc3c(c2[N-]C1)[N-]CC=C3.C[CH2][Sn][CH2]C.[N-]=C=S.[N-]=C=S. The van der Waals surface area contributed by atoms with Crippen molar-refractivity contribution >= 4 is 79.4 Å². The van der Waals surface area contributed by atoms with E-state index in [0.717, 1.165) is 24.5 Å². The maximum atomic E-state index is 7.13. The number of fused-ring (bicyclic) bond motifs is 3. The second-order valence-electron chi connectivity index (χ2n) is 4.57. The summed E-state index contributed by atoms with van der Waals surface area (Å²) in [6.45, 7) is 6.14. The molecule has 7 heteroatoms. The first-order valence-electron chi connectivity index (χ1n) is 7.78. The Morgan fingerprint density at radius 2 is 1.28 bits per heavy atom. The molecule has 0 fully saturated rings. The summed E-state index contributed by atoms with van der Waals surface area (Å²) in [5.41, 5.74) is 4.51. The van der Waals surface area contributed by atoms with Crippen LogP contribution in [0.4, 0.5) is 11.4 Å². The van der Waals surface area contributed by atoms with E-state index >= 15 is 0 Å². The quantitative estimate of drug-likeness (QED) is 0.274. The minimum Gasteiger partial charge on any atom is -0.753 e. The van der Waals surface area contributed by atoms with Crippen LogP contribution in [0.2, 0.25) is 8.87 Å². The molecular formula is C18H20N4S2Sn-4. The number of rotatable bonds is 2. The van der Waals surface area contributed by atoms with Gasteiger partial charge in [-0.25, -0.2) is 0 Å². The predicted molar refractivity (Wildman–Crippen MR) is 119 cm³/mol. The van der Waals surface area contributed by atoms with Crippen molar-refractivity contribution in [2.75, 3.05) is 13.1 Å². The molecule has 0 unspecified atom stereocenters. The van der Waals surface area contributed by atoms with Crippen molar-refractivity contribution in [3.05, 3.63) is 56.9 Å². The number of isothiocyanates is 2. The molecule has 1 aromatic carbocycles. The van der Waals surface area contributed by atoms with Crippen LogP contribution in [0.15, 0.2) is 24.3 Å². The van der Waals surface area contributed by atoms with Crippen LogP contribution in [0, 0.1) is 0 Å². The zero-order chi connectivity index (χ0) is 18.9. The summed E-state index contributed by atoms with van der Waals surface area (Å²) in [4.78, 5) is 0. The van der Waals surface area contributed by atoms with Crippen LogP contribution in [0.1, 0.15) is 25.0 Å². The zero-order valence-corrected chi connectivity index (χ0v) is 18.9. The van der Waals surface area contributed by atoms with E-state index < -0.39 is 0 Å². The van der Waals surface area contributed by atoms with E-state index in [1.165, 1.54) is 30.3 Å². The molecule has 25 heavy (non-hydrogen) atoms. The van der Waals surface area contributed by atoms with Gasteiger partial charge in [0, 0.05) is 0 Å². The maximum absolute atomic E-state index is 7.13. The van der Waals surface area contributed by atoms with Crippen LogP contribution >= 0.6 is 24.4 Å². The van der Waals surface area contributed by atoms with Gasteiger partial charge in [0.15, 0.2) is 0 Å². The van der Waals surface area contributed by atoms with Gasteiger partial charge in [-0.2, -0.15) is 10.3 Å². The summed E-state index contributed by atoms with van der Waals surface area (Å²) in [7, 11) is 0. The Hall–Kier alpha value is -1.30. The Morgan fingerprint density at radius 1 is 0.920 bits per heavy atom. The monoisotopic (exact) mass is 476 g/mol. The molecule has 0 atom stereocenters. The van der Waals surface area contributed by atoms with E-state index in [4.69, 9.17) is 10.8 Å². The Bertz CT molecular complexity index is 590. The number of hydrogen-bond acceptors (Lipinski definition) is 2. The number of thiocarbonyl (C=S) groups is 2. The minimum atomic E-state index is 0.218. The molecule has 3 rings (SSSR count). The Balaban J connectivity index is 0.000000441. The molecule has 0 aliphatic carbocycles. The molecule has 0 bridgehead atoms. The van der Waals surface area contributed by atoms with Gasteiger partial charge in [-0.15, -0.1) is 36.6 Å². The molecule has 2 aliphatic heterocycles. The average molecular weight is 475 g/mol. The molecule has 0 saturated heterocycles. The molecule has 0 saturated carbocycles. The van der Waals surface area contributed by atoms with Crippen molar-refractivity contribution in [1.82, 2.24) is 0 Å². The first-order valence-corrected chi connectivity index (χ1v) is 12.6. The number of benzene rings is 1. The Kier molecular flexibility index (Phi) is 15.3. The van der Waals surface area contributed by atoms with Crippen LogP contribution in [0.25, 0.3) is 33.6 Å². The third kappa shape index (κ3) is 9.68. The summed E-state index contributed by atoms with van der Waals surface area (Å²) >= 11 is 7.62. The second-order valence-corrected chi connectivity index (χ2v) is 10.4. The fraction of sp³-hybridized carbons (Fsp3) is 0.333. The van der Waals surface area contributed by atoms with Gasteiger partial charge in [-0.05, 0) is 11.1 Å². The second kappa shape index (κ2) is 16.2. The van der Waals surface area contributed by atoms with E-state index in [1.807, 2.05) is 0 Å². The molecule has 0 amide bonds. The van der Waals surface area contributed by atoms with Crippen molar-refractivity contribution < 1.29 is 0 Å². The normalized spacial score (nSPS) is 11.6. The predicted octanol–water partition coefficient (Wildman–Crippen LogP) is 6.63. The van der Waals surface area contributed by atoms with Crippen molar-refractivity contribution in [3.63, 3.8) is 0 Å². The standard InChI is InChI=1S/C12H10N2.2C2H5.2CNS.Sn/c1-3-9-5-6-10-4-2-8-14-12(10)11(9)13-7-1;2*1-2;2*2-1-3;/h1-6H,7-8H2;2*1H2,2H3;;;/q-2;;;2*-1;. The van der Waals surface area contributed by atoms with E-state index in [9.17, 15) is 0 Å². The fourth-order valence-corrected chi connectivity index (χ4v) is 3.54. The smallest absolute Gasteiger partial charge is 0.0548 e. The molecule has 2 radical (unpaired) electrons. The largest absolute Gasteiger partial charge is 0.753 e. The van der Waals surface area contributed by atoms with Crippen LogP contribution < -0.4 is 0 Å². The van der Waals surface area contributed by atoms with Gasteiger partial charge in [-0.3, -0.25) is 0 Å². The van der Waals surface area contributed by atoms with Crippen LogP contribution in [0.5, 0.6) is 0 Å². The van der Waals surface area contributed by atoms with Crippen molar-refractivity contribution in [1.29, 1.82) is 0 Å². The van der Waals surface area contributed by atoms with Crippen molar-refractivity contribution in [3.8, 4) is 0 Å². The molecule has 4 nitrogen and oxygen atoms in total. The summed E-state index contributed by atoms with van der Waals surface area (Å²) in [6.07, 6.45) is 8.40. The van der Waals surface area contributed by atoms with E-state index in [-0.39, 0.29) is 21.1 Å². The topological polar surface area (TPSA) is 72.8 Å². The van der Waals surface area contributed by atoms with Gasteiger partial charge < -0.3 is 21.5 Å². The van der Waals surface area contributed by atoms with E-state index in [2.05, 4.69) is 85.4 Å². The zero-order valence-electron chi connectivity index (χ0n) is 14.4. The first kappa shape index (κ1) is 23.7. The van der Waals surface area contributed by atoms with Crippen LogP contribution in [-0.2, 0) is 0 Å². The molecule has 0 spiro atoms. The first-order chi connectivity index (χ1) is 12.2. The van der Waals surface area contributed by atoms with Gasteiger partial charge in [0.2, 0.25) is 0 Å². The summed E-state index contributed by atoms with van der Waals surface area (Å²) in [5.74, 6) is 0. The molecular weight excluding hydrogens is 455 g/mol. The molecule has 132 valence electrons. The third-order valence-electron chi connectivity index (χ3n) is 3.02. The summed E-state index contributed by atoms with van der Waals surface area (Å²) < 4.78 is 3.03. The van der Waals surface area contributed by atoms with Crippen molar-refractivity contribution in [2.24, 2.45) is 0 Å². The molecule has 2 aliphatic rings. The van der Waals surface area contributed by atoms with Crippen LogP contribution in [0.3, 0.4) is 0 Å². The Morgan fingerprint density at radius 3 is 1.56 bits per heavy atom. The van der Waals surface area contributed by atoms with Gasteiger partial charge >= 0.3 is 43.9 Å². The maximum Gasteiger partial charge on any atom is -0.0548 e. The Labute approximate surface area is 171 Å². The minimum absolute atomic E-state index is 0.218. The van der Waals surface area contributed by atoms with E-state index in [1.54, 1.807) is 0 Å². The number of hydrogen-bond donors (Lipinski definition) is 0. The molecule has 0 aromatic heterocycles. The molecule has 1 aromatic rings.